The maximum Gasteiger partial charge on any atom is 0.336 e. The number of carboxylic acids is 1. The Hall–Kier alpha value is -6.16. The summed E-state index contributed by atoms with van der Waals surface area (Å²) in [5, 5.41) is 97.9. The van der Waals surface area contributed by atoms with E-state index in [0.717, 1.165) is 12.8 Å². The summed E-state index contributed by atoms with van der Waals surface area (Å²) < 4.78 is 31.5. The number of unbranched alkanes of at least 4 members (excludes halogenated alkanes) is 2. The minimum atomic E-state index is -2.59. The van der Waals surface area contributed by atoms with Crippen molar-refractivity contribution < 1.29 is 69.0 Å². The van der Waals surface area contributed by atoms with E-state index in [4.69, 9.17) is 29.1 Å². The summed E-state index contributed by atoms with van der Waals surface area (Å²) in [6.07, 6.45) is -2.53. The highest BCUT2D eigenvalue weighted by molar-refractivity contribution is 5.90. The van der Waals surface area contributed by atoms with Crippen molar-refractivity contribution in [1.29, 1.82) is 0 Å². The normalized spacial score (nSPS) is 27.2. The van der Waals surface area contributed by atoms with Gasteiger partial charge >= 0.3 is 5.97 Å². The van der Waals surface area contributed by atoms with E-state index in [9.17, 15) is 50.4 Å². The molecule has 19 nitrogen and oxygen atoms in total. The fraction of sp³-hybridized carbons (Fsp3) is 0.440. The lowest BCUT2D eigenvalue weighted by molar-refractivity contribution is -0.344. The van der Waals surface area contributed by atoms with Gasteiger partial charge in [0, 0.05) is 48.6 Å². The smallest absolute Gasteiger partial charge is 0.336 e. The lowest BCUT2D eigenvalue weighted by atomic mass is 9.59. The van der Waals surface area contributed by atoms with Crippen LogP contribution in [0, 0.1) is 5.92 Å². The number of nitrogens with one attached hydrogen (secondary N) is 3. The Labute approximate surface area is 395 Å². The number of carbonyl (C=O) groups is 1. The molecule has 3 fully saturated rings. The summed E-state index contributed by atoms with van der Waals surface area (Å²) in [5.74, 6) is -3.56. The molecule has 0 radical (unpaired) electrons. The molecule has 2 aliphatic heterocycles. The third kappa shape index (κ3) is 8.67. The number of hydrogen-bond donors (Lipinski definition) is 12. The number of phenols is 2. The van der Waals surface area contributed by atoms with Gasteiger partial charge in [-0.25, -0.2) is 4.79 Å². The maximum atomic E-state index is 14.2. The van der Waals surface area contributed by atoms with Crippen LogP contribution in [-0.2, 0) is 15.1 Å². The fourth-order valence-corrected chi connectivity index (χ4v) is 10.6. The predicted molar refractivity (Wildman–Crippen MR) is 248 cm³/mol. The van der Waals surface area contributed by atoms with Crippen molar-refractivity contribution in [2.75, 3.05) is 25.6 Å². The Morgan fingerprint density at radius 2 is 1.78 bits per heavy atom. The van der Waals surface area contributed by atoms with E-state index < -0.39 is 89.0 Å². The average Bonchev–Trinajstić information content (AvgIpc) is 4.13. The molecule has 0 spiro atoms. The first kappa shape index (κ1) is 47.9. The second-order valence-electron chi connectivity index (χ2n) is 18.5. The number of benzene rings is 3. The van der Waals surface area contributed by atoms with Crippen LogP contribution in [0.5, 0.6) is 28.7 Å². The van der Waals surface area contributed by atoms with Gasteiger partial charge in [-0.1, -0.05) is 37.5 Å². The van der Waals surface area contributed by atoms with Crippen LogP contribution in [0.1, 0.15) is 75.7 Å². The van der Waals surface area contributed by atoms with E-state index in [1.54, 1.807) is 36.4 Å². The molecule has 2 saturated heterocycles. The summed E-state index contributed by atoms with van der Waals surface area (Å²) in [7, 11) is 0. The van der Waals surface area contributed by atoms with E-state index in [-0.39, 0.29) is 34.0 Å². The lowest BCUT2D eigenvalue weighted by Gasteiger charge is -2.58. The molecule has 3 aromatic carbocycles. The number of nitrogens with two attached hydrogens (primary N) is 1. The molecule has 0 unspecified atom stereocenters. The molecular weight excluding hydrogens is 897 g/mol. The second-order valence-corrected chi connectivity index (χ2v) is 18.5. The molecular formula is C50H58N4O15. The van der Waals surface area contributed by atoms with Crippen molar-refractivity contribution in [2.45, 2.75) is 112 Å². The van der Waals surface area contributed by atoms with Crippen molar-refractivity contribution in [3.8, 4) is 40.1 Å². The molecule has 5 aromatic rings. The highest BCUT2D eigenvalue weighted by Crippen LogP contribution is 2.54. The van der Waals surface area contributed by atoms with E-state index in [2.05, 4.69) is 15.6 Å². The number of nitrogen functional groups attached to an aromatic ring is 1. The second kappa shape index (κ2) is 19.0. The standard InChI is InChI=1S/C50H58N4O15/c1-2-3-4-8-27-22-49(63)46(62)50(64,40(27)32-23-52-25-53-32)44(45(60)61)68-47(49)67-36-21-35-39(42(59)43(36)69-48(17-5-6-18-48)28-9-7-10-29(56)19-28)33(57)20-34(66-35)26-11-13-30(14-12-26)65-37(24-55)41(58)31-15-16-38(51)54-31/h7,9-16,19-22,32,37,40-41,44,46-47,52-56,58-59,62-64H,2-6,8,17-18,23-25,51H2,1H3,(H,60,61)/t32-,37-,40-,41-,44-,46+,47-,49-,50-/m1/s1. The van der Waals surface area contributed by atoms with Crippen molar-refractivity contribution >= 4 is 22.8 Å². The third-order valence-electron chi connectivity index (χ3n) is 14.0. The Morgan fingerprint density at radius 1 is 1.01 bits per heavy atom. The van der Waals surface area contributed by atoms with Crippen molar-refractivity contribution in [2.24, 2.45) is 5.92 Å². The van der Waals surface area contributed by atoms with Gasteiger partial charge in [0.1, 0.15) is 57.5 Å². The fourth-order valence-electron chi connectivity index (χ4n) is 10.6. The minimum Gasteiger partial charge on any atom is -0.508 e. The summed E-state index contributed by atoms with van der Waals surface area (Å²) in [5.41, 5.74) is 0.262. The van der Waals surface area contributed by atoms with Crippen LogP contribution in [0.2, 0.25) is 0 Å². The molecule has 2 aromatic heterocycles. The molecule has 2 bridgehead atoms. The van der Waals surface area contributed by atoms with Crippen LogP contribution >= 0.6 is 0 Å². The number of carboxylic acid groups (broad SMARTS) is 1. The van der Waals surface area contributed by atoms with E-state index >= 15 is 0 Å². The number of aromatic amines is 1. The Bertz CT molecular complexity index is 2760. The van der Waals surface area contributed by atoms with Gasteiger partial charge in [0.15, 0.2) is 34.7 Å². The lowest BCUT2D eigenvalue weighted by Crippen LogP contribution is -2.79. The Morgan fingerprint density at radius 3 is 2.43 bits per heavy atom. The molecule has 69 heavy (non-hydrogen) atoms. The Kier molecular flexibility index (Phi) is 13.2. The number of phenolic OH excluding ortho intramolecular Hbond substituents is 2. The van der Waals surface area contributed by atoms with Crippen LogP contribution < -0.4 is 36.0 Å². The molecule has 4 aliphatic rings. The Balaban J connectivity index is 1.14. The molecule has 368 valence electrons. The van der Waals surface area contributed by atoms with Crippen molar-refractivity contribution in [1.82, 2.24) is 15.6 Å². The summed E-state index contributed by atoms with van der Waals surface area (Å²) in [4.78, 5) is 30.2. The van der Waals surface area contributed by atoms with Gasteiger partial charge in [-0.05, 0) is 98.7 Å². The first-order valence-electron chi connectivity index (χ1n) is 23.3. The van der Waals surface area contributed by atoms with E-state index in [0.29, 0.717) is 80.0 Å². The van der Waals surface area contributed by atoms with Gasteiger partial charge in [0.05, 0.1) is 6.61 Å². The van der Waals surface area contributed by atoms with Crippen LogP contribution in [0.15, 0.2) is 93.7 Å². The largest absolute Gasteiger partial charge is 0.508 e. The SMILES string of the molecule is CCCCCC1=C[C@]2(O)[C@H](Oc3cc4oc(-c5ccc(O[C@H](CO)[C@H](O)c6ccc(N)[nH]6)cc5)cc(=O)c4c(O)c3OC3(c4cccc(O)c4)CCCC3)O[C@H](C(=O)O)[C@](O)([C@H]1[C@H]1CNCN1)[C@H]2O. The number of aromatic hydroxyl groups is 2. The number of anilines is 1. The number of aliphatic hydroxyl groups is 5. The molecule has 1 saturated carbocycles. The molecule has 2 aliphatic carbocycles. The van der Waals surface area contributed by atoms with Gasteiger partial charge in [-0.3, -0.25) is 10.1 Å². The summed E-state index contributed by atoms with van der Waals surface area (Å²) >= 11 is 0. The van der Waals surface area contributed by atoms with Crippen molar-refractivity contribution in [3.05, 3.63) is 106 Å². The molecule has 9 atom stereocenters. The van der Waals surface area contributed by atoms with Crippen molar-refractivity contribution in [3.63, 3.8) is 0 Å². The van der Waals surface area contributed by atoms with Crippen LogP contribution in [0.3, 0.4) is 0 Å². The predicted octanol–water partition coefficient (Wildman–Crippen LogP) is 3.77. The zero-order chi connectivity index (χ0) is 48.8. The summed E-state index contributed by atoms with van der Waals surface area (Å²) in [6, 6.07) is 17.6. The zero-order valence-corrected chi connectivity index (χ0v) is 37.8. The third-order valence-corrected chi connectivity index (χ3v) is 14.0. The molecule has 0 amide bonds. The number of ether oxygens (including phenoxy) is 4. The van der Waals surface area contributed by atoms with E-state index in [1.165, 1.54) is 42.5 Å². The van der Waals surface area contributed by atoms with Gasteiger partial charge in [-0.15, -0.1) is 0 Å². The number of fused-ring (bicyclic) bond motifs is 3. The van der Waals surface area contributed by atoms with Crippen LogP contribution in [-0.4, -0.2) is 113 Å². The number of aliphatic carboxylic acids is 1. The number of aromatic nitrogens is 1. The van der Waals surface area contributed by atoms with Gasteiger partial charge < -0.3 is 80.3 Å². The van der Waals surface area contributed by atoms with Gasteiger partial charge in [0.25, 0.3) is 0 Å². The summed E-state index contributed by atoms with van der Waals surface area (Å²) in [6.45, 7) is 2.17. The highest BCUT2D eigenvalue weighted by atomic mass is 16.7. The number of H-pyrrole nitrogens is 1. The monoisotopic (exact) mass is 954 g/mol. The van der Waals surface area contributed by atoms with Crippen LogP contribution in [0.25, 0.3) is 22.3 Å². The number of rotatable bonds is 17. The number of hydrogen-bond acceptors (Lipinski definition) is 17. The van der Waals surface area contributed by atoms with Gasteiger partial charge in [-0.2, -0.15) is 0 Å². The average molecular weight is 955 g/mol. The van der Waals surface area contributed by atoms with Crippen LogP contribution in [0.4, 0.5) is 5.82 Å². The first-order valence-corrected chi connectivity index (χ1v) is 23.3. The van der Waals surface area contributed by atoms with E-state index in [1.807, 2.05) is 6.92 Å². The highest BCUT2D eigenvalue weighted by Gasteiger charge is 2.71. The minimum absolute atomic E-state index is 0.0256. The topological polar surface area (TPSA) is 312 Å². The first-order chi connectivity index (χ1) is 33.1. The molecule has 13 N–H and O–H groups in total. The number of aliphatic hydroxyl groups excluding tert-OH is 3. The maximum absolute atomic E-state index is 14.2. The van der Waals surface area contributed by atoms with Gasteiger partial charge in [0.2, 0.25) is 12.0 Å². The molecule has 4 heterocycles. The zero-order valence-electron chi connectivity index (χ0n) is 37.8. The quantitative estimate of drug-likeness (QED) is 0.0466. The molecule has 19 heteroatoms. The molecule has 9 rings (SSSR count).